The van der Waals surface area contributed by atoms with Gasteiger partial charge in [0.15, 0.2) is 0 Å². The minimum Gasteiger partial charge on any atom is -0.494 e. The van der Waals surface area contributed by atoms with Gasteiger partial charge in [0, 0.05) is 24.5 Å². The van der Waals surface area contributed by atoms with Gasteiger partial charge >= 0.3 is 0 Å². The first kappa shape index (κ1) is 18.6. The van der Waals surface area contributed by atoms with Gasteiger partial charge < -0.3 is 14.6 Å². The lowest BCUT2D eigenvalue weighted by Gasteiger charge is -2.11. The summed E-state index contributed by atoms with van der Waals surface area (Å²) in [6, 6.07) is 12.3. The Labute approximate surface area is 157 Å². The largest absolute Gasteiger partial charge is 0.494 e. The Morgan fingerprint density at radius 3 is 2.78 bits per heavy atom. The van der Waals surface area contributed by atoms with Crippen LogP contribution in [0.4, 0.5) is 10.1 Å². The molecule has 0 aliphatic carbocycles. The highest BCUT2D eigenvalue weighted by molar-refractivity contribution is 5.91. The van der Waals surface area contributed by atoms with Crippen LogP contribution in [-0.4, -0.2) is 22.1 Å². The van der Waals surface area contributed by atoms with E-state index < -0.39 is 5.82 Å². The van der Waals surface area contributed by atoms with E-state index in [0.717, 1.165) is 11.3 Å². The zero-order valence-electron chi connectivity index (χ0n) is 15.4. The van der Waals surface area contributed by atoms with Gasteiger partial charge in [-0.25, -0.2) is 9.37 Å². The van der Waals surface area contributed by atoms with E-state index in [2.05, 4.69) is 10.3 Å². The van der Waals surface area contributed by atoms with Crippen LogP contribution in [0.3, 0.4) is 0 Å². The minimum absolute atomic E-state index is 0.174. The average molecular weight is 367 g/mol. The number of carbonyl (C=O) groups is 1. The molecule has 0 spiro atoms. The molecule has 1 heterocycles. The molecule has 0 atom stereocenters. The van der Waals surface area contributed by atoms with Crippen molar-refractivity contribution in [1.82, 2.24) is 9.55 Å². The highest BCUT2D eigenvalue weighted by Gasteiger charge is 2.11. The number of imidazole rings is 1. The van der Waals surface area contributed by atoms with Crippen LogP contribution < -0.4 is 10.1 Å². The van der Waals surface area contributed by atoms with Crippen molar-refractivity contribution in [3.63, 3.8) is 0 Å². The van der Waals surface area contributed by atoms with Gasteiger partial charge in [-0.1, -0.05) is 18.2 Å². The second-order valence-electron chi connectivity index (χ2n) is 6.10. The molecule has 1 amide bonds. The molecule has 140 valence electrons. The number of aromatic nitrogens is 2. The molecule has 1 aromatic heterocycles. The summed E-state index contributed by atoms with van der Waals surface area (Å²) in [4.78, 5) is 16.3. The molecule has 27 heavy (non-hydrogen) atoms. The Morgan fingerprint density at radius 1 is 1.26 bits per heavy atom. The van der Waals surface area contributed by atoms with Crippen LogP contribution in [0.2, 0.25) is 0 Å². The molecular weight excluding hydrogens is 345 g/mol. The van der Waals surface area contributed by atoms with Gasteiger partial charge in [-0.15, -0.1) is 0 Å². The lowest BCUT2D eigenvalue weighted by Crippen LogP contribution is -2.13. The highest BCUT2D eigenvalue weighted by atomic mass is 19.1. The lowest BCUT2D eigenvalue weighted by atomic mass is 10.1. The van der Waals surface area contributed by atoms with E-state index in [9.17, 15) is 9.18 Å². The number of aryl methyl sites for hydroxylation is 2. The van der Waals surface area contributed by atoms with Crippen molar-refractivity contribution in [2.24, 2.45) is 0 Å². The van der Waals surface area contributed by atoms with Crippen LogP contribution in [0.5, 0.6) is 5.75 Å². The number of nitrogens with zero attached hydrogens (tertiary/aromatic N) is 2. The number of ether oxygens (including phenoxy) is 1. The van der Waals surface area contributed by atoms with Crippen LogP contribution in [0.25, 0.3) is 5.69 Å². The number of amides is 1. The number of carbonyl (C=O) groups excluding carboxylic acids is 1. The number of nitrogens with one attached hydrogen (secondary N) is 1. The molecule has 0 fully saturated rings. The summed E-state index contributed by atoms with van der Waals surface area (Å²) in [6.45, 7) is 4.30. The van der Waals surface area contributed by atoms with Gasteiger partial charge in [0.2, 0.25) is 5.91 Å². The molecule has 6 heteroatoms. The van der Waals surface area contributed by atoms with Gasteiger partial charge in [-0.2, -0.15) is 0 Å². The molecule has 0 radical (unpaired) electrons. The van der Waals surface area contributed by atoms with Crippen molar-refractivity contribution in [3.05, 3.63) is 72.1 Å². The van der Waals surface area contributed by atoms with E-state index in [0.29, 0.717) is 30.2 Å². The van der Waals surface area contributed by atoms with Crippen LogP contribution in [0, 0.1) is 12.7 Å². The molecule has 0 aliphatic rings. The number of anilines is 1. The SMILES string of the molecule is CCOc1ccccc1CCC(=O)Nc1ccc(-n2ccnc2C)c(F)c1. The summed E-state index contributed by atoms with van der Waals surface area (Å²) in [5.41, 5.74) is 1.80. The third-order valence-electron chi connectivity index (χ3n) is 4.21. The van der Waals surface area contributed by atoms with Crippen molar-refractivity contribution >= 4 is 11.6 Å². The maximum atomic E-state index is 14.4. The molecule has 3 rings (SSSR count). The minimum atomic E-state index is -0.421. The van der Waals surface area contributed by atoms with Gasteiger partial charge in [0.25, 0.3) is 0 Å². The number of rotatable bonds is 7. The fourth-order valence-corrected chi connectivity index (χ4v) is 2.89. The highest BCUT2D eigenvalue weighted by Crippen LogP contribution is 2.21. The van der Waals surface area contributed by atoms with Gasteiger partial charge in [0.1, 0.15) is 17.4 Å². The summed E-state index contributed by atoms with van der Waals surface area (Å²) in [7, 11) is 0. The molecule has 0 unspecified atom stereocenters. The lowest BCUT2D eigenvalue weighted by molar-refractivity contribution is -0.116. The van der Waals surface area contributed by atoms with Crippen LogP contribution in [0.15, 0.2) is 54.9 Å². The number of para-hydroxylation sites is 1. The molecule has 3 aromatic rings. The van der Waals surface area contributed by atoms with Crippen LogP contribution in [-0.2, 0) is 11.2 Å². The Bertz CT molecular complexity index is 937. The summed E-state index contributed by atoms with van der Waals surface area (Å²) < 4.78 is 21.6. The Balaban J connectivity index is 1.63. The van der Waals surface area contributed by atoms with Crippen LogP contribution in [0.1, 0.15) is 24.7 Å². The smallest absolute Gasteiger partial charge is 0.224 e. The normalized spacial score (nSPS) is 10.6. The van der Waals surface area contributed by atoms with Crippen molar-refractivity contribution in [3.8, 4) is 11.4 Å². The van der Waals surface area contributed by atoms with E-state index in [1.165, 1.54) is 6.07 Å². The average Bonchev–Trinajstić information content (AvgIpc) is 3.07. The molecule has 1 N–H and O–H groups in total. The standard InChI is InChI=1S/C21H22FN3O2/c1-3-27-20-7-5-4-6-16(20)8-11-21(26)24-17-9-10-19(18(22)14-17)25-13-12-23-15(25)2/h4-7,9-10,12-14H,3,8,11H2,1-2H3,(H,24,26). The van der Waals surface area contributed by atoms with Crippen molar-refractivity contribution in [2.45, 2.75) is 26.7 Å². The second kappa shape index (κ2) is 8.49. The predicted octanol–water partition coefficient (Wildman–Crippen LogP) is 4.29. The molecule has 0 aliphatic heterocycles. The summed E-state index contributed by atoms with van der Waals surface area (Å²) in [5, 5.41) is 2.75. The number of halogens is 1. The summed E-state index contributed by atoms with van der Waals surface area (Å²) in [5.74, 6) is 0.889. The van der Waals surface area contributed by atoms with E-state index in [1.807, 2.05) is 31.2 Å². The molecule has 5 nitrogen and oxygen atoms in total. The maximum absolute atomic E-state index is 14.4. The van der Waals surface area contributed by atoms with Crippen LogP contribution >= 0.6 is 0 Å². The molecule has 0 saturated heterocycles. The van der Waals surface area contributed by atoms with E-state index in [4.69, 9.17) is 4.74 Å². The third-order valence-corrected chi connectivity index (χ3v) is 4.21. The van der Waals surface area contributed by atoms with Crippen molar-refractivity contribution in [1.29, 1.82) is 0 Å². The Morgan fingerprint density at radius 2 is 2.07 bits per heavy atom. The zero-order valence-corrected chi connectivity index (χ0v) is 15.4. The monoisotopic (exact) mass is 367 g/mol. The molecule has 0 bridgehead atoms. The topological polar surface area (TPSA) is 56.1 Å². The fourth-order valence-electron chi connectivity index (χ4n) is 2.89. The van der Waals surface area contributed by atoms with E-state index in [-0.39, 0.29) is 12.3 Å². The third kappa shape index (κ3) is 4.53. The Kier molecular flexibility index (Phi) is 5.86. The van der Waals surface area contributed by atoms with Gasteiger partial charge in [-0.3, -0.25) is 4.79 Å². The number of benzene rings is 2. The first-order valence-electron chi connectivity index (χ1n) is 8.89. The van der Waals surface area contributed by atoms with E-state index in [1.54, 1.807) is 36.0 Å². The molecule has 0 saturated carbocycles. The predicted molar refractivity (Wildman–Crippen MR) is 103 cm³/mol. The maximum Gasteiger partial charge on any atom is 0.224 e. The quantitative estimate of drug-likeness (QED) is 0.678. The van der Waals surface area contributed by atoms with Gasteiger partial charge in [0.05, 0.1) is 12.3 Å². The summed E-state index contributed by atoms with van der Waals surface area (Å²) >= 11 is 0. The molecule has 2 aromatic carbocycles. The fraction of sp³-hybridized carbons (Fsp3) is 0.238. The first-order valence-corrected chi connectivity index (χ1v) is 8.89. The molecular formula is C21H22FN3O2. The zero-order chi connectivity index (χ0) is 19.2. The van der Waals surface area contributed by atoms with E-state index >= 15 is 0 Å². The Hall–Kier alpha value is -3.15. The summed E-state index contributed by atoms with van der Waals surface area (Å²) in [6.07, 6.45) is 4.15. The van der Waals surface area contributed by atoms with Gasteiger partial charge in [-0.05, 0) is 50.1 Å². The number of hydrogen-bond acceptors (Lipinski definition) is 3. The van der Waals surface area contributed by atoms with Crippen molar-refractivity contribution < 1.29 is 13.9 Å². The number of hydrogen-bond donors (Lipinski definition) is 1. The first-order chi connectivity index (χ1) is 13.1. The van der Waals surface area contributed by atoms with Crippen molar-refractivity contribution in [2.75, 3.05) is 11.9 Å². The second-order valence-corrected chi connectivity index (χ2v) is 6.10.